The molecule has 0 unspecified atom stereocenters. The fourth-order valence-electron chi connectivity index (χ4n) is 3.38. The number of aromatic nitrogens is 6. The molecule has 4 heterocycles. The van der Waals surface area contributed by atoms with Gasteiger partial charge in [-0.1, -0.05) is 5.10 Å². The van der Waals surface area contributed by atoms with Gasteiger partial charge in [0, 0.05) is 18.1 Å². The van der Waals surface area contributed by atoms with Gasteiger partial charge in [0.05, 0.1) is 25.6 Å². The highest BCUT2D eigenvalue weighted by Crippen LogP contribution is 2.35. The van der Waals surface area contributed by atoms with E-state index in [1.54, 1.807) is 17.2 Å². The van der Waals surface area contributed by atoms with E-state index in [2.05, 4.69) is 20.5 Å². The summed E-state index contributed by atoms with van der Waals surface area (Å²) in [6, 6.07) is 7.57. The average molecular weight is 355 g/mol. The predicted octanol–water partition coefficient (Wildman–Crippen LogP) is 0.317. The Bertz CT molecular complexity index is 880. The molecule has 2 N–H and O–H groups in total. The number of hydrogen-bond acceptors (Lipinski definition) is 8. The van der Waals surface area contributed by atoms with Gasteiger partial charge in [-0.05, 0) is 34.7 Å². The second-order valence-corrected chi connectivity index (χ2v) is 6.30. The zero-order valence-electron chi connectivity index (χ0n) is 13.8. The molecule has 0 saturated carbocycles. The first kappa shape index (κ1) is 15.4. The van der Waals surface area contributed by atoms with Crippen molar-refractivity contribution in [3.05, 3.63) is 43.0 Å². The monoisotopic (exact) mass is 355 g/mol. The van der Waals surface area contributed by atoms with E-state index in [0.29, 0.717) is 25.0 Å². The molecule has 3 aromatic rings. The van der Waals surface area contributed by atoms with Crippen LogP contribution in [-0.4, -0.2) is 61.2 Å². The lowest BCUT2D eigenvalue weighted by Gasteiger charge is -2.16. The third-order valence-corrected chi connectivity index (χ3v) is 4.69. The summed E-state index contributed by atoms with van der Waals surface area (Å²) in [5, 5.41) is 11.8. The number of tetrazole rings is 1. The topological polar surface area (TPSA) is 115 Å². The van der Waals surface area contributed by atoms with E-state index >= 15 is 0 Å². The van der Waals surface area contributed by atoms with E-state index in [1.807, 2.05) is 35.0 Å². The van der Waals surface area contributed by atoms with Crippen LogP contribution in [-0.2, 0) is 9.47 Å². The van der Waals surface area contributed by atoms with E-state index in [9.17, 15) is 0 Å². The van der Waals surface area contributed by atoms with Crippen molar-refractivity contribution in [3.63, 3.8) is 0 Å². The maximum Gasteiger partial charge on any atom is 0.341 e. The maximum atomic E-state index is 6.00. The highest BCUT2D eigenvalue weighted by Gasteiger charge is 2.48. The highest BCUT2D eigenvalue weighted by molar-refractivity contribution is 5.38. The zero-order valence-corrected chi connectivity index (χ0v) is 13.8. The Morgan fingerprint density at radius 2 is 1.96 bits per heavy atom. The molecule has 0 amide bonds. The molecule has 0 spiro atoms. The fourth-order valence-corrected chi connectivity index (χ4v) is 3.38. The van der Waals surface area contributed by atoms with Crippen LogP contribution in [0.3, 0.4) is 0 Å². The lowest BCUT2D eigenvalue weighted by Crippen LogP contribution is -2.36. The Balaban J connectivity index is 1.35. The number of benzene rings is 1. The lowest BCUT2D eigenvalue weighted by molar-refractivity contribution is 0.0617. The summed E-state index contributed by atoms with van der Waals surface area (Å²) in [6.45, 7) is 0.907. The molecular weight excluding hydrogens is 338 g/mol. The van der Waals surface area contributed by atoms with Crippen molar-refractivity contribution in [2.45, 2.75) is 24.3 Å². The van der Waals surface area contributed by atoms with Crippen molar-refractivity contribution < 1.29 is 14.2 Å². The van der Waals surface area contributed by atoms with Crippen molar-refractivity contribution in [3.8, 4) is 17.4 Å². The minimum atomic E-state index is -0.167. The van der Waals surface area contributed by atoms with Gasteiger partial charge >= 0.3 is 6.01 Å². The van der Waals surface area contributed by atoms with Crippen LogP contribution in [0.5, 0.6) is 11.8 Å². The van der Waals surface area contributed by atoms with Gasteiger partial charge in [-0.15, -0.1) is 0 Å². The highest BCUT2D eigenvalue weighted by atomic mass is 16.6. The standard InChI is InChI=1S/C16H17N7O3/c17-12-7-24-15-13(8-25-14(12)15)23-16(19-20-21-23)26-11-3-1-10(2-4-11)22-6-5-18-9-22/h1-6,9,12-15H,7-8,17H2/t12-,13-,14+,15+/m0/s1. The van der Waals surface area contributed by atoms with E-state index in [0.717, 1.165) is 5.69 Å². The number of nitrogens with zero attached hydrogens (tertiary/aromatic N) is 6. The average Bonchev–Trinajstić information content (AvgIpc) is 3.42. The van der Waals surface area contributed by atoms with Crippen LogP contribution >= 0.6 is 0 Å². The molecule has 2 aliphatic rings. The summed E-state index contributed by atoms with van der Waals surface area (Å²) < 4.78 is 20.9. The lowest BCUT2D eigenvalue weighted by atomic mass is 10.1. The molecule has 26 heavy (non-hydrogen) atoms. The minimum absolute atomic E-state index is 0.124. The largest absolute Gasteiger partial charge is 0.423 e. The van der Waals surface area contributed by atoms with Crippen molar-refractivity contribution in [1.82, 2.24) is 29.8 Å². The van der Waals surface area contributed by atoms with Gasteiger partial charge in [-0.2, -0.15) is 4.68 Å². The smallest absolute Gasteiger partial charge is 0.341 e. The minimum Gasteiger partial charge on any atom is -0.423 e. The molecule has 2 aliphatic heterocycles. The Labute approximate surface area is 148 Å². The van der Waals surface area contributed by atoms with Crippen molar-refractivity contribution in [2.75, 3.05) is 13.2 Å². The SMILES string of the molecule is N[C@H]1CO[C@H]2[C@@H]1OC[C@@H]2n1nnnc1Oc1ccc(-n2ccnc2)cc1. The number of hydrogen-bond donors (Lipinski definition) is 1. The van der Waals surface area contributed by atoms with Crippen LogP contribution < -0.4 is 10.5 Å². The second kappa shape index (κ2) is 6.16. The molecular formula is C16H17N7O3. The molecule has 0 radical (unpaired) electrons. The first-order valence-electron chi connectivity index (χ1n) is 8.32. The van der Waals surface area contributed by atoms with Gasteiger partial charge in [-0.25, -0.2) is 4.98 Å². The van der Waals surface area contributed by atoms with E-state index in [4.69, 9.17) is 19.9 Å². The molecule has 0 aliphatic carbocycles. The molecule has 1 aromatic carbocycles. The summed E-state index contributed by atoms with van der Waals surface area (Å²) in [5.41, 5.74) is 6.98. The summed E-state index contributed by atoms with van der Waals surface area (Å²) >= 11 is 0. The molecule has 2 aromatic heterocycles. The summed E-state index contributed by atoms with van der Waals surface area (Å²) in [4.78, 5) is 4.04. The maximum absolute atomic E-state index is 6.00. The molecule has 134 valence electrons. The summed E-state index contributed by atoms with van der Waals surface area (Å²) in [6.07, 6.45) is 5.04. The van der Waals surface area contributed by atoms with Crippen molar-refractivity contribution in [2.24, 2.45) is 5.73 Å². The predicted molar refractivity (Wildman–Crippen MR) is 87.9 cm³/mol. The van der Waals surface area contributed by atoms with Crippen LogP contribution in [0.15, 0.2) is 43.0 Å². The number of ether oxygens (including phenoxy) is 3. The molecule has 10 heteroatoms. The molecule has 2 fully saturated rings. The van der Waals surface area contributed by atoms with Gasteiger partial charge in [0.15, 0.2) is 0 Å². The number of fused-ring (bicyclic) bond motifs is 1. The molecule has 4 atom stereocenters. The normalized spacial score (nSPS) is 27.6. The molecule has 0 bridgehead atoms. The van der Waals surface area contributed by atoms with Crippen LogP contribution in [0.2, 0.25) is 0 Å². The van der Waals surface area contributed by atoms with Crippen LogP contribution in [0, 0.1) is 0 Å². The fraction of sp³-hybridized carbons (Fsp3) is 0.375. The van der Waals surface area contributed by atoms with Gasteiger partial charge in [0.25, 0.3) is 0 Å². The summed E-state index contributed by atoms with van der Waals surface area (Å²) in [5.74, 6) is 0.629. The van der Waals surface area contributed by atoms with E-state index in [-0.39, 0.29) is 24.3 Å². The molecule has 5 rings (SSSR count). The van der Waals surface area contributed by atoms with E-state index < -0.39 is 0 Å². The van der Waals surface area contributed by atoms with Gasteiger partial charge in [0.2, 0.25) is 0 Å². The van der Waals surface area contributed by atoms with Crippen molar-refractivity contribution in [1.29, 1.82) is 0 Å². The van der Waals surface area contributed by atoms with Crippen LogP contribution in [0.1, 0.15) is 6.04 Å². The summed E-state index contributed by atoms with van der Waals surface area (Å²) in [7, 11) is 0. The van der Waals surface area contributed by atoms with Crippen LogP contribution in [0.4, 0.5) is 0 Å². The number of nitrogens with two attached hydrogens (primary N) is 1. The Morgan fingerprint density at radius 3 is 2.77 bits per heavy atom. The Kier molecular flexibility index (Phi) is 3.66. The Hall–Kier alpha value is -2.82. The third-order valence-electron chi connectivity index (χ3n) is 4.69. The van der Waals surface area contributed by atoms with Crippen LogP contribution in [0.25, 0.3) is 5.69 Å². The Morgan fingerprint density at radius 1 is 1.12 bits per heavy atom. The number of imidazole rings is 1. The first-order valence-corrected chi connectivity index (χ1v) is 8.32. The second-order valence-electron chi connectivity index (χ2n) is 6.30. The van der Waals surface area contributed by atoms with Gasteiger partial charge < -0.3 is 24.5 Å². The first-order chi connectivity index (χ1) is 12.8. The molecule has 2 saturated heterocycles. The molecule has 10 nitrogen and oxygen atoms in total. The quantitative estimate of drug-likeness (QED) is 0.711. The van der Waals surface area contributed by atoms with E-state index in [1.165, 1.54) is 0 Å². The van der Waals surface area contributed by atoms with Gasteiger partial charge in [0.1, 0.15) is 24.0 Å². The number of rotatable bonds is 4. The van der Waals surface area contributed by atoms with Gasteiger partial charge in [-0.3, -0.25) is 0 Å². The zero-order chi connectivity index (χ0) is 17.5. The van der Waals surface area contributed by atoms with Crippen molar-refractivity contribution >= 4 is 0 Å². The third kappa shape index (κ3) is 2.55.